The van der Waals surface area contributed by atoms with E-state index in [4.69, 9.17) is 5.73 Å². The van der Waals surface area contributed by atoms with E-state index in [2.05, 4.69) is 4.98 Å². The van der Waals surface area contributed by atoms with Crippen molar-refractivity contribution < 1.29 is 9.90 Å². The molecule has 2 aromatic rings. The molecule has 0 radical (unpaired) electrons. The summed E-state index contributed by atoms with van der Waals surface area (Å²) in [6, 6.07) is 1.96. The van der Waals surface area contributed by atoms with Crippen LogP contribution in [0.5, 0.6) is 0 Å². The molecule has 108 valence electrons. The Morgan fingerprint density at radius 3 is 2.80 bits per heavy atom. The van der Waals surface area contributed by atoms with Crippen LogP contribution >= 0.6 is 11.3 Å². The number of aliphatic hydroxyl groups is 1. The van der Waals surface area contributed by atoms with Crippen molar-refractivity contribution in [3.05, 3.63) is 22.2 Å². The largest absolute Gasteiger partial charge is 0.397 e. The maximum atomic E-state index is 12.4. The Morgan fingerprint density at radius 2 is 2.20 bits per heavy atom. The molecule has 0 aromatic carbocycles. The number of aromatic nitrogens is 1. The van der Waals surface area contributed by atoms with Gasteiger partial charge in [-0.25, -0.2) is 4.98 Å². The van der Waals surface area contributed by atoms with Crippen LogP contribution in [0.4, 0.5) is 5.69 Å². The minimum absolute atomic E-state index is 0.177. The minimum atomic E-state index is -0.568. The molecular weight excluding hydrogens is 274 g/mol. The van der Waals surface area contributed by atoms with Gasteiger partial charge in [0.05, 0.1) is 11.8 Å². The van der Waals surface area contributed by atoms with E-state index in [0.29, 0.717) is 10.6 Å². The summed E-state index contributed by atoms with van der Waals surface area (Å²) >= 11 is 1.31. The van der Waals surface area contributed by atoms with E-state index in [9.17, 15) is 9.90 Å². The topological polar surface area (TPSA) is 79.5 Å². The molecule has 1 unspecified atom stereocenters. The van der Waals surface area contributed by atoms with Gasteiger partial charge in [0, 0.05) is 24.7 Å². The number of nitrogens with two attached hydrogens (primary N) is 1. The van der Waals surface area contributed by atoms with Crippen LogP contribution in [0.25, 0.3) is 10.2 Å². The number of nitrogen functional groups attached to an aromatic ring is 1. The van der Waals surface area contributed by atoms with Gasteiger partial charge in [-0.05, 0) is 32.4 Å². The molecule has 0 aliphatic carbocycles. The van der Waals surface area contributed by atoms with Gasteiger partial charge in [0.15, 0.2) is 0 Å². The summed E-state index contributed by atoms with van der Waals surface area (Å²) < 4.78 is 0. The fourth-order valence-electron chi connectivity index (χ4n) is 2.28. The monoisotopic (exact) mass is 293 g/mol. The van der Waals surface area contributed by atoms with Gasteiger partial charge in [-0.15, -0.1) is 11.3 Å². The first-order valence-corrected chi connectivity index (χ1v) is 7.22. The number of likely N-dealkylation sites (N-methyl/N-ethyl adjacent to an activating group) is 1. The number of thiophene rings is 1. The van der Waals surface area contributed by atoms with Crippen LogP contribution in [0.3, 0.4) is 0 Å². The van der Waals surface area contributed by atoms with E-state index < -0.39 is 6.10 Å². The van der Waals surface area contributed by atoms with Crippen LogP contribution in [0.1, 0.15) is 27.9 Å². The summed E-state index contributed by atoms with van der Waals surface area (Å²) in [4.78, 5) is 19.6. The first-order chi connectivity index (χ1) is 9.31. The zero-order chi connectivity index (χ0) is 15.0. The summed E-state index contributed by atoms with van der Waals surface area (Å²) in [5.74, 6) is -0.177. The second-order valence-corrected chi connectivity index (χ2v) is 6.14. The molecule has 0 fully saturated rings. The van der Waals surface area contributed by atoms with Gasteiger partial charge in [0.25, 0.3) is 5.91 Å². The summed E-state index contributed by atoms with van der Waals surface area (Å²) in [7, 11) is 1.66. The number of hydrogen-bond donors (Lipinski definition) is 2. The van der Waals surface area contributed by atoms with Gasteiger partial charge < -0.3 is 15.7 Å². The van der Waals surface area contributed by atoms with Crippen molar-refractivity contribution in [1.82, 2.24) is 9.88 Å². The van der Waals surface area contributed by atoms with Crippen molar-refractivity contribution in [3.63, 3.8) is 0 Å². The first kappa shape index (κ1) is 14.7. The third-order valence-electron chi connectivity index (χ3n) is 3.10. The second-order valence-electron chi connectivity index (χ2n) is 5.14. The number of aryl methyl sites for hydroxylation is 2. The lowest BCUT2D eigenvalue weighted by Crippen LogP contribution is -2.32. The number of pyridine rings is 1. The van der Waals surface area contributed by atoms with Gasteiger partial charge in [-0.2, -0.15) is 0 Å². The summed E-state index contributed by atoms with van der Waals surface area (Å²) in [6.45, 7) is 5.81. The van der Waals surface area contributed by atoms with Gasteiger partial charge >= 0.3 is 0 Å². The van der Waals surface area contributed by atoms with Crippen LogP contribution < -0.4 is 5.73 Å². The molecule has 1 amide bonds. The number of carbonyl (C=O) groups is 1. The Bertz CT molecular complexity index is 664. The average molecular weight is 293 g/mol. The standard InChI is InChI=1S/C14H19N3O2S/c1-7-5-8(2)16-13-10(7)11(15)12(20-13)14(19)17(4)6-9(3)18/h5,9,18H,6,15H2,1-4H3. The number of carbonyl (C=O) groups excluding carboxylic acids is 1. The number of hydrogen-bond acceptors (Lipinski definition) is 5. The van der Waals surface area contributed by atoms with Crippen LogP contribution in [-0.4, -0.2) is 40.6 Å². The maximum Gasteiger partial charge on any atom is 0.265 e. The van der Waals surface area contributed by atoms with E-state index in [1.807, 2.05) is 19.9 Å². The lowest BCUT2D eigenvalue weighted by molar-refractivity contribution is 0.0709. The molecule has 2 aromatic heterocycles. The van der Waals surface area contributed by atoms with Gasteiger partial charge in [0.2, 0.25) is 0 Å². The SMILES string of the molecule is Cc1cc(C)c2c(N)c(C(=O)N(C)CC(C)O)sc2n1. The van der Waals surface area contributed by atoms with Crippen molar-refractivity contribution in [2.24, 2.45) is 0 Å². The summed E-state index contributed by atoms with van der Waals surface area (Å²) in [5, 5.41) is 10.2. The quantitative estimate of drug-likeness (QED) is 0.906. The van der Waals surface area contributed by atoms with E-state index in [0.717, 1.165) is 21.5 Å². The molecular formula is C14H19N3O2S. The van der Waals surface area contributed by atoms with Crippen LogP contribution in [0.2, 0.25) is 0 Å². The van der Waals surface area contributed by atoms with Crippen molar-refractivity contribution in [2.45, 2.75) is 26.9 Å². The van der Waals surface area contributed by atoms with Crippen molar-refractivity contribution in [2.75, 3.05) is 19.3 Å². The van der Waals surface area contributed by atoms with Crippen molar-refractivity contribution in [3.8, 4) is 0 Å². The molecule has 0 saturated carbocycles. The van der Waals surface area contributed by atoms with E-state index in [-0.39, 0.29) is 12.5 Å². The van der Waals surface area contributed by atoms with E-state index >= 15 is 0 Å². The number of fused-ring (bicyclic) bond motifs is 1. The Labute approximate surface area is 122 Å². The number of rotatable bonds is 3. The Hall–Kier alpha value is -1.66. The lowest BCUT2D eigenvalue weighted by Gasteiger charge is -2.18. The maximum absolute atomic E-state index is 12.4. The molecule has 3 N–H and O–H groups in total. The number of aliphatic hydroxyl groups excluding tert-OH is 1. The highest BCUT2D eigenvalue weighted by Crippen LogP contribution is 2.35. The highest BCUT2D eigenvalue weighted by Gasteiger charge is 2.22. The highest BCUT2D eigenvalue weighted by atomic mass is 32.1. The number of anilines is 1. The van der Waals surface area contributed by atoms with Crippen LogP contribution in [-0.2, 0) is 0 Å². The summed E-state index contributed by atoms with van der Waals surface area (Å²) in [5.41, 5.74) is 8.54. The number of nitrogens with zero attached hydrogens (tertiary/aromatic N) is 2. The van der Waals surface area contributed by atoms with E-state index in [1.54, 1.807) is 14.0 Å². The normalized spacial score (nSPS) is 12.7. The second kappa shape index (κ2) is 5.38. The van der Waals surface area contributed by atoms with Crippen molar-refractivity contribution in [1.29, 1.82) is 0 Å². The van der Waals surface area contributed by atoms with Gasteiger partial charge in [0.1, 0.15) is 9.71 Å². The Kier molecular flexibility index (Phi) is 3.96. The lowest BCUT2D eigenvalue weighted by atomic mass is 10.1. The molecule has 5 nitrogen and oxygen atoms in total. The number of amides is 1. The first-order valence-electron chi connectivity index (χ1n) is 6.41. The van der Waals surface area contributed by atoms with Crippen molar-refractivity contribution >= 4 is 33.1 Å². The molecule has 0 aliphatic rings. The molecule has 0 spiro atoms. The Morgan fingerprint density at radius 1 is 1.55 bits per heavy atom. The molecule has 2 rings (SSSR count). The smallest absolute Gasteiger partial charge is 0.265 e. The molecule has 0 bridgehead atoms. The minimum Gasteiger partial charge on any atom is -0.397 e. The fraction of sp³-hybridized carbons (Fsp3) is 0.429. The zero-order valence-electron chi connectivity index (χ0n) is 12.1. The molecule has 2 heterocycles. The molecule has 6 heteroatoms. The van der Waals surface area contributed by atoms with Gasteiger partial charge in [-0.3, -0.25) is 4.79 Å². The summed E-state index contributed by atoms with van der Waals surface area (Å²) in [6.07, 6.45) is -0.568. The van der Waals surface area contributed by atoms with E-state index in [1.165, 1.54) is 16.2 Å². The third-order valence-corrected chi connectivity index (χ3v) is 4.19. The molecule has 1 atom stereocenters. The molecule has 0 aliphatic heterocycles. The molecule has 0 saturated heterocycles. The Balaban J connectivity index is 2.48. The van der Waals surface area contributed by atoms with Crippen LogP contribution in [0.15, 0.2) is 6.07 Å². The van der Waals surface area contributed by atoms with Crippen LogP contribution in [0, 0.1) is 13.8 Å². The highest BCUT2D eigenvalue weighted by molar-refractivity contribution is 7.21. The van der Waals surface area contributed by atoms with Gasteiger partial charge in [-0.1, -0.05) is 0 Å². The zero-order valence-corrected chi connectivity index (χ0v) is 12.9. The fourth-order valence-corrected chi connectivity index (χ4v) is 3.49. The predicted octanol–water partition coefficient (Wildman–Crippen LogP) is 1.95. The third kappa shape index (κ3) is 2.62. The average Bonchev–Trinajstić information content (AvgIpc) is 2.64. The molecule has 20 heavy (non-hydrogen) atoms. The predicted molar refractivity (Wildman–Crippen MR) is 82.1 cm³/mol.